The molecule has 0 saturated heterocycles. The summed E-state index contributed by atoms with van der Waals surface area (Å²) in [5.41, 5.74) is 3.04. The van der Waals surface area contributed by atoms with Gasteiger partial charge in [-0.3, -0.25) is 4.79 Å². The molecule has 0 aliphatic rings. The van der Waals surface area contributed by atoms with Gasteiger partial charge in [0.2, 0.25) is 0 Å². The first-order valence-electron chi connectivity index (χ1n) is 6.84. The third kappa shape index (κ3) is 2.39. The summed E-state index contributed by atoms with van der Waals surface area (Å²) in [4.78, 5) is 15.6. The molecule has 0 radical (unpaired) electrons. The standard InChI is InChI=1S/C18H15NO3/c1-21-17-9-15-14(12-6-4-3-5-7-12)8-13(11-20)19-16(15)10-18(17)22-2/h3-11H,1-2H3. The molecule has 0 N–H and O–H groups in total. The van der Waals surface area contributed by atoms with Crippen LogP contribution in [0.4, 0.5) is 0 Å². The Bertz CT molecular complexity index is 829. The minimum absolute atomic E-state index is 0.388. The number of aldehydes is 1. The van der Waals surface area contributed by atoms with Crippen molar-refractivity contribution in [1.82, 2.24) is 4.98 Å². The zero-order valence-corrected chi connectivity index (χ0v) is 12.4. The predicted octanol–water partition coefficient (Wildman–Crippen LogP) is 3.73. The van der Waals surface area contributed by atoms with E-state index in [1.54, 1.807) is 26.4 Å². The van der Waals surface area contributed by atoms with Gasteiger partial charge in [-0.2, -0.15) is 0 Å². The van der Waals surface area contributed by atoms with Crippen molar-refractivity contribution < 1.29 is 14.3 Å². The van der Waals surface area contributed by atoms with Crippen molar-refractivity contribution in [2.24, 2.45) is 0 Å². The molecule has 1 aromatic heterocycles. The summed E-state index contributed by atoms with van der Waals surface area (Å²) in [5.74, 6) is 1.22. The van der Waals surface area contributed by atoms with Crippen molar-refractivity contribution >= 4 is 17.2 Å². The minimum Gasteiger partial charge on any atom is -0.493 e. The number of carbonyl (C=O) groups is 1. The van der Waals surface area contributed by atoms with Crippen LogP contribution < -0.4 is 9.47 Å². The monoisotopic (exact) mass is 293 g/mol. The van der Waals surface area contributed by atoms with Crippen molar-refractivity contribution in [2.45, 2.75) is 0 Å². The van der Waals surface area contributed by atoms with Crippen LogP contribution >= 0.6 is 0 Å². The molecule has 0 atom stereocenters. The van der Waals surface area contributed by atoms with E-state index >= 15 is 0 Å². The maximum Gasteiger partial charge on any atom is 0.168 e. The molecule has 3 rings (SSSR count). The fourth-order valence-electron chi connectivity index (χ4n) is 2.49. The minimum atomic E-state index is 0.388. The van der Waals surface area contributed by atoms with Crippen LogP contribution in [-0.4, -0.2) is 25.5 Å². The highest BCUT2D eigenvalue weighted by Gasteiger charge is 2.12. The van der Waals surface area contributed by atoms with E-state index in [-0.39, 0.29) is 0 Å². The van der Waals surface area contributed by atoms with Gasteiger partial charge < -0.3 is 9.47 Å². The lowest BCUT2D eigenvalue weighted by molar-refractivity contribution is 0.111. The number of benzene rings is 2. The second kappa shape index (κ2) is 5.85. The van der Waals surface area contributed by atoms with Gasteiger partial charge in [0.1, 0.15) is 5.69 Å². The molecular formula is C18H15NO3. The quantitative estimate of drug-likeness (QED) is 0.688. The van der Waals surface area contributed by atoms with Crippen LogP contribution in [0.25, 0.3) is 22.0 Å². The van der Waals surface area contributed by atoms with Gasteiger partial charge in [-0.15, -0.1) is 0 Å². The number of hydrogen-bond acceptors (Lipinski definition) is 4. The highest BCUT2D eigenvalue weighted by molar-refractivity contribution is 5.98. The summed E-state index contributed by atoms with van der Waals surface area (Å²) in [5, 5.41) is 0.912. The lowest BCUT2D eigenvalue weighted by atomic mass is 10.00. The lowest BCUT2D eigenvalue weighted by Crippen LogP contribution is -1.95. The van der Waals surface area contributed by atoms with E-state index < -0.39 is 0 Å². The Labute approximate surface area is 128 Å². The topological polar surface area (TPSA) is 48.4 Å². The van der Waals surface area contributed by atoms with E-state index in [2.05, 4.69) is 4.98 Å². The molecular weight excluding hydrogens is 278 g/mol. The number of ether oxygens (including phenoxy) is 2. The molecule has 22 heavy (non-hydrogen) atoms. The first-order chi connectivity index (χ1) is 10.8. The molecule has 0 bridgehead atoms. The van der Waals surface area contributed by atoms with E-state index in [4.69, 9.17) is 9.47 Å². The largest absolute Gasteiger partial charge is 0.493 e. The molecule has 3 aromatic rings. The van der Waals surface area contributed by atoms with Crippen LogP contribution in [-0.2, 0) is 0 Å². The number of nitrogens with zero attached hydrogens (tertiary/aromatic N) is 1. The molecule has 2 aromatic carbocycles. The zero-order chi connectivity index (χ0) is 15.5. The maximum atomic E-state index is 11.2. The van der Waals surface area contributed by atoms with Crippen LogP contribution in [0.3, 0.4) is 0 Å². The van der Waals surface area contributed by atoms with Crippen LogP contribution in [0.1, 0.15) is 10.5 Å². The number of hydrogen-bond donors (Lipinski definition) is 0. The Morgan fingerprint density at radius 3 is 2.27 bits per heavy atom. The normalized spacial score (nSPS) is 10.5. The molecule has 0 amide bonds. The van der Waals surface area contributed by atoms with Crippen LogP contribution in [0, 0.1) is 0 Å². The molecule has 0 saturated carbocycles. The summed E-state index contributed by atoms with van der Waals surface area (Å²) in [6.45, 7) is 0. The molecule has 110 valence electrons. The fraction of sp³-hybridized carbons (Fsp3) is 0.111. The average Bonchev–Trinajstić information content (AvgIpc) is 2.60. The zero-order valence-electron chi connectivity index (χ0n) is 12.4. The van der Waals surface area contributed by atoms with Gasteiger partial charge in [-0.05, 0) is 23.3 Å². The van der Waals surface area contributed by atoms with Crippen LogP contribution in [0.15, 0.2) is 48.5 Å². The van der Waals surface area contributed by atoms with Crippen molar-refractivity contribution in [1.29, 1.82) is 0 Å². The number of carbonyl (C=O) groups excluding carboxylic acids is 1. The highest BCUT2D eigenvalue weighted by Crippen LogP contribution is 2.36. The van der Waals surface area contributed by atoms with Crippen molar-refractivity contribution in [3.05, 3.63) is 54.2 Å². The van der Waals surface area contributed by atoms with Crippen molar-refractivity contribution in [2.75, 3.05) is 14.2 Å². The lowest BCUT2D eigenvalue weighted by Gasteiger charge is -2.12. The number of rotatable bonds is 4. The molecule has 0 aliphatic heterocycles. The van der Waals surface area contributed by atoms with Crippen molar-refractivity contribution in [3.8, 4) is 22.6 Å². The number of methoxy groups -OCH3 is 2. The molecule has 0 spiro atoms. The summed E-state index contributed by atoms with van der Waals surface area (Å²) in [7, 11) is 3.17. The van der Waals surface area contributed by atoms with Crippen molar-refractivity contribution in [3.63, 3.8) is 0 Å². The maximum absolute atomic E-state index is 11.2. The van der Waals surface area contributed by atoms with E-state index in [1.807, 2.05) is 36.4 Å². The van der Waals surface area contributed by atoms with Gasteiger partial charge in [0.15, 0.2) is 17.8 Å². The molecule has 0 unspecified atom stereocenters. The Kier molecular flexibility index (Phi) is 3.74. The SMILES string of the molecule is COc1cc2nc(C=O)cc(-c3ccccc3)c2cc1OC. The molecule has 0 fully saturated rings. The van der Waals surface area contributed by atoms with Gasteiger partial charge in [-0.25, -0.2) is 4.98 Å². The van der Waals surface area contributed by atoms with E-state index in [9.17, 15) is 4.79 Å². The van der Waals surface area contributed by atoms with Gasteiger partial charge in [-0.1, -0.05) is 30.3 Å². The van der Waals surface area contributed by atoms with Gasteiger partial charge in [0.25, 0.3) is 0 Å². The summed E-state index contributed by atoms with van der Waals surface area (Å²) < 4.78 is 10.7. The summed E-state index contributed by atoms with van der Waals surface area (Å²) in [6.07, 6.45) is 0.753. The number of fused-ring (bicyclic) bond motifs is 1. The summed E-state index contributed by atoms with van der Waals surface area (Å²) in [6, 6.07) is 15.3. The van der Waals surface area contributed by atoms with Gasteiger partial charge >= 0.3 is 0 Å². The second-order valence-electron chi connectivity index (χ2n) is 4.80. The Balaban J connectivity index is 2.36. The van der Waals surface area contributed by atoms with Gasteiger partial charge in [0.05, 0.1) is 19.7 Å². The summed E-state index contributed by atoms with van der Waals surface area (Å²) >= 11 is 0. The number of pyridine rings is 1. The van der Waals surface area contributed by atoms with E-state index in [0.29, 0.717) is 22.7 Å². The smallest absolute Gasteiger partial charge is 0.168 e. The van der Waals surface area contributed by atoms with Gasteiger partial charge in [0, 0.05) is 11.5 Å². The van der Waals surface area contributed by atoms with E-state index in [0.717, 1.165) is 22.8 Å². The highest BCUT2D eigenvalue weighted by atomic mass is 16.5. The van der Waals surface area contributed by atoms with E-state index in [1.165, 1.54) is 0 Å². The predicted molar refractivity (Wildman–Crippen MR) is 85.7 cm³/mol. The molecule has 4 nitrogen and oxygen atoms in total. The second-order valence-corrected chi connectivity index (χ2v) is 4.80. The average molecular weight is 293 g/mol. The van der Waals surface area contributed by atoms with Crippen LogP contribution in [0.2, 0.25) is 0 Å². The Hall–Kier alpha value is -2.88. The number of aromatic nitrogens is 1. The molecule has 4 heteroatoms. The third-order valence-electron chi connectivity index (χ3n) is 3.54. The first-order valence-corrected chi connectivity index (χ1v) is 6.84. The Morgan fingerprint density at radius 1 is 0.955 bits per heavy atom. The molecule has 0 aliphatic carbocycles. The van der Waals surface area contributed by atoms with Crippen LogP contribution in [0.5, 0.6) is 11.5 Å². The molecule has 1 heterocycles. The first kappa shape index (κ1) is 14.1. The fourth-order valence-corrected chi connectivity index (χ4v) is 2.49. The Morgan fingerprint density at radius 2 is 1.64 bits per heavy atom. The third-order valence-corrected chi connectivity index (χ3v) is 3.54.